The van der Waals surface area contributed by atoms with E-state index in [9.17, 15) is 4.79 Å². The minimum absolute atomic E-state index is 0.00846. The van der Waals surface area contributed by atoms with E-state index in [-0.39, 0.29) is 11.9 Å². The fraction of sp³-hybridized carbons (Fsp3) is 0.346. The van der Waals surface area contributed by atoms with E-state index in [2.05, 4.69) is 11.7 Å². The molecule has 0 saturated heterocycles. The highest BCUT2D eigenvalue weighted by molar-refractivity contribution is 5.96. The van der Waals surface area contributed by atoms with E-state index in [1.54, 1.807) is 18.1 Å². The van der Waals surface area contributed by atoms with Crippen LogP contribution in [0.5, 0.6) is 0 Å². The first-order chi connectivity index (χ1) is 15.4. The van der Waals surface area contributed by atoms with Gasteiger partial charge in [-0.1, -0.05) is 55.7 Å². The summed E-state index contributed by atoms with van der Waals surface area (Å²) in [5, 5.41) is 7.68. The summed E-state index contributed by atoms with van der Waals surface area (Å²) in [6.45, 7) is 6.46. The second-order valence-electron chi connectivity index (χ2n) is 8.22. The van der Waals surface area contributed by atoms with Crippen molar-refractivity contribution in [3.63, 3.8) is 0 Å². The molecule has 1 saturated carbocycles. The number of rotatable bonds is 7. The topological polar surface area (TPSA) is 85.8 Å². The van der Waals surface area contributed by atoms with E-state index in [1.165, 1.54) is 19.3 Å². The summed E-state index contributed by atoms with van der Waals surface area (Å²) in [4.78, 5) is 21.0. The Morgan fingerprint density at radius 2 is 1.72 bits per heavy atom. The van der Waals surface area contributed by atoms with Crippen LogP contribution in [-0.4, -0.2) is 48.0 Å². The number of nitrogens with one attached hydrogen (secondary N) is 1. The van der Waals surface area contributed by atoms with Gasteiger partial charge in [0.2, 0.25) is 0 Å². The highest BCUT2D eigenvalue weighted by Gasteiger charge is 2.26. The van der Waals surface area contributed by atoms with Crippen molar-refractivity contribution < 1.29 is 4.79 Å². The predicted molar refractivity (Wildman–Crippen MR) is 133 cm³/mol. The Hall–Kier alpha value is -3.41. The maximum atomic E-state index is 13.2. The number of benzene rings is 2. The first-order valence-electron chi connectivity index (χ1n) is 11.2. The van der Waals surface area contributed by atoms with E-state index >= 15 is 0 Å². The lowest BCUT2D eigenvalue weighted by molar-refractivity contribution is 0.141. The molecule has 0 heterocycles. The SMILES string of the molecule is C=NC(=CN(C)C(=O)N(CC)C1CCCCC1)c1cccc(-c2cccc(C(=N)N)c2)c1. The second kappa shape index (κ2) is 10.8. The molecule has 1 fully saturated rings. The molecular formula is C26H33N5O. The van der Waals surface area contributed by atoms with Crippen molar-refractivity contribution in [1.82, 2.24) is 9.80 Å². The Bertz CT molecular complexity index is 1010. The lowest BCUT2D eigenvalue weighted by Crippen LogP contribution is -2.46. The van der Waals surface area contributed by atoms with Gasteiger partial charge in [-0.25, -0.2) is 4.79 Å². The fourth-order valence-electron chi connectivity index (χ4n) is 4.31. The number of amidine groups is 1. The molecule has 0 spiro atoms. The maximum Gasteiger partial charge on any atom is 0.324 e. The largest absolute Gasteiger partial charge is 0.384 e. The van der Waals surface area contributed by atoms with Crippen LogP contribution in [0, 0.1) is 5.41 Å². The molecule has 168 valence electrons. The van der Waals surface area contributed by atoms with Gasteiger partial charge in [-0.05, 0) is 49.7 Å². The number of nitrogens with zero attached hydrogens (tertiary/aromatic N) is 3. The zero-order chi connectivity index (χ0) is 23.1. The standard InChI is InChI=1S/C26H33N5O/c1-4-31(23-14-6-5-7-15-23)26(32)30(3)18-24(29-2)21-12-8-10-19(16-21)20-11-9-13-22(17-20)25(27)28/h8-13,16-18,23H,2,4-7,14-15H2,1,3H3,(H3,27,28). The summed E-state index contributed by atoms with van der Waals surface area (Å²) < 4.78 is 0. The molecule has 0 atom stereocenters. The number of amides is 2. The third-order valence-corrected chi connectivity index (χ3v) is 6.06. The molecule has 2 aromatic carbocycles. The molecule has 0 aliphatic heterocycles. The van der Waals surface area contributed by atoms with Crippen LogP contribution >= 0.6 is 0 Å². The fourth-order valence-corrected chi connectivity index (χ4v) is 4.31. The number of hydrogen-bond acceptors (Lipinski definition) is 3. The third kappa shape index (κ3) is 5.44. The van der Waals surface area contributed by atoms with Gasteiger partial charge in [0.1, 0.15) is 5.84 Å². The average Bonchev–Trinajstić information content (AvgIpc) is 2.83. The van der Waals surface area contributed by atoms with Crippen LogP contribution < -0.4 is 5.73 Å². The van der Waals surface area contributed by atoms with Gasteiger partial charge in [-0.15, -0.1) is 0 Å². The molecule has 6 nitrogen and oxygen atoms in total. The monoisotopic (exact) mass is 431 g/mol. The van der Waals surface area contributed by atoms with Crippen LogP contribution in [0.4, 0.5) is 4.79 Å². The van der Waals surface area contributed by atoms with Crippen LogP contribution in [0.25, 0.3) is 16.8 Å². The summed E-state index contributed by atoms with van der Waals surface area (Å²) in [6, 6.07) is 15.8. The number of urea groups is 1. The van der Waals surface area contributed by atoms with E-state index < -0.39 is 0 Å². The summed E-state index contributed by atoms with van der Waals surface area (Å²) in [5.74, 6) is 0.0370. The van der Waals surface area contributed by atoms with Crippen molar-refractivity contribution in [2.75, 3.05) is 13.6 Å². The molecular weight excluding hydrogens is 398 g/mol. The Balaban J connectivity index is 1.85. The number of nitrogen functional groups attached to an aromatic ring is 1. The van der Waals surface area contributed by atoms with Crippen molar-refractivity contribution in [1.29, 1.82) is 5.41 Å². The molecule has 1 aliphatic rings. The molecule has 0 radical (unpaired) electrons. The summed E-state index contributed by atoms with van der Waals surface area (Å²) >= 11 is 0. The molecule has 0 bridgehead atoms. The van der Waals surface area contributed by atoms with Gasteiger partial charge in [0.25, 0.3) is 0 Å². The molecule has 0 aromatic heterocycles. The molecule has 32 heavy (non-hydrogen) atoms. The molecule has 2 amide bonds. The van der Waals surface area contributed by atoms with Gasteiger partial charge in [0, 0.05) is 37.0 Å². The zero-order valence-corrected chi connectivity index (χ0v) is 19.1. The highest BCUT2D eigenvalue weighted by Crippen LogP contribution is 2.27. The lowest BCUT2D eigenvalue weighted by Gasteiger charge is -2.35. The Kier molecular flexibility index (Phi) is 7.82. The molecule has 1 aliphatic carbocycles. The summed E-state index contributed by atoms with van der Waals surface area (Å²) in [7, 11) is 1.78. The van der Waals surface area contributed by atoms with Crippen molar-refractivity contribution in [3.8, 4) is 11.1 Å². The minimum Gasteiger partial charge on any atom is -0.384 e. The van der Waals surface area contributed by atoms with Crippen LogP contribution in [0.3, 0.4) is 0 Å². The van der Waals surface area contributed by atoms with Gasteiger partial charge in [-0.2, -0.15) is 0 Å². The van der Waals surface area contributed by atoms with Gasteiger partial charge in [0.15, 0.2) is 0 Å². The first kappa shape index (κ1) is 23.3. The van der Waals surface area contributed by atoms with E-state index in [0.717, 1.165) is 29.5 Å². The van der Waals surface area contributed by atoms with Crippen LogP contribution in [0.2, 0.25) is 0 Å². The maximum absolute atomic E-state index is 13.2. The molecule has 3 N–H and O–H groups in total. The Morgan fingerprint density at radius 1 is 1.12 bits per heavy atom. The van der Waals surface area contributed by atoms with E-state index in [4.69, 9.17) is 11.1 Å². The van der Waals surface area contributed by atoms with Crippen molar-refractivity contribution >= 4 is 24.3 Å². The quantitative estimate of drug-likeness (QED) is 0.458. The van der Waals surface area contributed by atoms with Gasteiger partial charge >= 0.3 is 6.03 Å². The normalized spacial score (nSPS) is 14.6. The Labute approximate surface area is 191 Å². The highest BCUT2D eigenvalue weighted by atomic mass is 16.2. The summed E-state index contributed by atoms with van der Waals surface area (Å²) in [6.07, 6.45) is 7.53. The van der Waals surface area contributed by atoms with E-state index in [1.807, 2.05) is 60.4 Å². The number of carbonyl (C=O) groups is 1. The molecule has 3 rings (SSSR count). The average molecular weight is 432 g/mol. The predicted octanol–water partition coefficient (Wildman–Crippen LogP) is 5.34. The molecule has 6 heteroatoms. The van der Waals surface area contributed by atoms with E-state index in [0.29, 0.717) is 23.8 Å². The number of hydrogen-bond donors (Lipinski definition) is 2. The zero-order valence-electron chi connectivity index (χ0n) is 19.1. The molecule has 2 aromatic rings. The van der Waals surface area contributed by atoms with Crippen molar-refractivity contribution in [2.24, 2.45) is 10.7 Å². The van der Waals surface area contributed by atoms with Crippen LogP contribution in [-0.2, 0) is 0 Å². The number of aliphatic imine (C=N–C) groups is 1. The van der Waals surface area contributed by atoms with Gasteiger partial charge < -0.3 is 15.5 Å². The smallest absolute Gasteiger partial charge is 0.324 e. The van der Waals surface area contributed by atoms with Crippen molar-refractivity contribution in [3.05, 3.63) is 65.9 Å². The number of carbonyl (C=O) groups excluding carboxylic acids is 1. The third-order valence-electron chi connectivity index (χ3n) is 6.06. The van der Waals surface area contributed by atoms with Gasteiger partial charge in [0.05, 0.1) is 5.70 Å². The van der Waals surface area contributed by atoms with Crippen LogP contribution in [0.15, 0.2) is 59.7 Å². The van der Waals surface area contributed by atoms with Crippen molar-refractivity contribution in [2.45, 2.75) is 45.1 Å². The Morgan fingerprint density at radius 3 is 2.28 bits per heavy atom. The first-order valence-corrected chi connectivity index (χ1v) is 11.2. The van der Waals surface area contributed by atoms with Gasteiger partial charge in [-0.3, -0.25) is 10.4 Å². The molecule has 0 unspecified atom stereocenters. The summed E-state index contributed by atoms with van der Waals surface area (Å²) in [5.41, 5.74) is 9.76. The van der Waals surface area contributed by atoms with Crippen LogP contribution in [0.1, 0.15) is 50.2 Å². The lowest BCUT2D eigenvalue weighted by atomic mass is 9.94. The minimum atomic E-state index is -0.00846. The second-order valence-corrected chi connectivity index (χ2v) is 8.22. The number of nitrogens with two attached hydrogens (primary N) is 1.